The van der Waals surface area contributed by atoms with Crippen LogP contribution in [0.4, 0.5) is 20.3 Å². The standard InChI is InChI=1S/C24H28F2N6.U/c1-30-14-16(12-28-30)18-10-15-4-3-9-31(22(15)11-19(18)23(25)26)24-20-13-27-8-7-21(20)32(29-24)17-5-2-6-17;/h10-12,14,17,23,27H,2-9,13H2,1H3;. The molecular weight excluding hydrogens is 648 g/mol. The summed E-state index contributed by atoms with van der Waals surface area (Å²) in [4.78, 5) is 2.19. The average Bonchev–Trinajstić information content (AvgIpc) is 3.35. The zero-order valence-electron chi connectivity index (χ0n) is 18.8. The first kappa shape index (κ1) is 23.1. The summed E-state index contributed by atoms with van der Waals surface area (Å²) in [5.41, 5.74) is 5.94. The normalized spacial score (nSPS) is 18.0. The Labute approximate surface area is 216 Å². The van der Waals surface area contributed by atoms with Gasteiger partial charge in [-0.1, -0.05) is 0 Å². The molecule has 4 heterocycles. The van der Waals surface area contributed by atoms with Crippen LogP contribution in [0.1, 0.15) is 60.5 Å². The van der Waals surface area contributed by atoms with Crippen molar-refractivity contribution in [1.29, 1.82) is 0 Å². The number of hydrogen-bond donors (Lipinski definition) is 1. The minimum Gasteiger partial charge on any atom is -0.324 e. The van der Waals surface area contributed by atoms with Crippen molar-refractivity contribution in [2.75, 3.05) is 18.0 Å². The number of aromatic nitrogens is 4. The molecule has 0 radical (unpaired) electrons. The predicted molar refractivity (Wildman–Crippen MR) is 119 cm³/mol. The fourth-order valence-corrected chi connectivity index (χ4v) is 5.37. The topological polar surface area (TPSA) is 50.9 Å². The van der Waals surface area contributed by atoms with Crippen LogP contribution in [0.15, 0.2) is 24.5 Å². The number of anilines is 2. The van der Waals surface area contributed by atoms with E-state index in [0.29, 0.717) is 11.6 Å². The molecule has 1 saturated carbocycles. The maximum atomic E-state index is 14.2. The quantitative estimate of drug-likeness (QED) is 0.437. The summed E-state index contributed by atoms with van der Waals surface area (Å²) < 4.78 is 32.3. The van der Waals surface area contributed by atoms with E-state index in [4.69, 9.17) is 5.10 Å². The monoisotopic (exact) mass is 676 g/mol. The van der Waals surface area contributed by atoms with Gasteiger partial charge >= 0.3 is 0 Å². The third kappa shape index (κ3) is 3.96. The second-order valence-electron chi connectivity index (χ2n) is 9.23. The van der Waals surface area contributed by atoms with Gasteiger partial charge in [0.1, 0.15) is 0 Å². The molecule has 0 spiro atoms. The number of rotatable bonds is 4. The molecule has 6 nitrogen and oxygen atoms in total. The van der Waals surface area contributed by atoms with Crippen LogP contribution in [0.3, 0.4) is 0 Å². The molecule has 0 unspecified atom stereocenters. The molecule has 1 N–H and O–H groups in total. The molecule has 9 heteroatoms. The van der Waals surface area contributed by atoms with Crippen molar-refractivity contribution in [2.45, 2.75) is 57.5 Å². The SMILES string of the molecule is Cn1cc(-c2cc3c(cc2C(F)F)N(c2nn(C4CCC4)c4c2CNCC4)CCC3)cn1.[U]. The van der Waals surface area contributed by atoms with Crippen molar-refractivity contribution in [3.8, 4) is 11.1 Å². The number of nitrogens with zero attached hydrogens (tertiary/aromatic N) is 5. The van der Waals surface area contributed by atoms with E-state index in [1.807, 2.05) is 6.07 Å². The third-order valence-corrected chi connectivity index (χ3v) is 7.23. The summed E-state index contributed by atoms with van der Waals surface area (Å²) in [6.07, 6.45) is 7.37. The van der Waals surface area contributed by atoms with Gasteiger partial charge in [0.25, 0.3) is 6.43 Å². The zero-order chi connectivity index (χ0) is 21.8. The molecule has 2 aromatic heterocycles. The number of halogens is 2. The maximum Gasteiger partial charge on any atom is 0.264 e. The number of hydrogen-bond acceptors (Lipinski definition) is 4. The van der Waals surface area contributed by atoms with Crippen LogP contribution in [0, 0.1) is 31.1 Å². The van der Waals surface area contributed by atoms with Crippen LogP contribution in [-0.4, -0.2) is 32.7 Å². The van der Waals surface area contributed by atoms with Gasteiger partial charge in [0.2, 0.25) is 0 Å². The molecule has 1 aliphatic carbocycles. The van der Waals surface area contributed by atoms with Crippen molar-refractivity contribution >= 4 is 11.5 Å². The van der Waals surface area contributed by atoms with Crippen LogP contribution < -0.4 is 10.2 Å². The number of nitrogens with one attached hydrogen (secondary N) is 1. The average molecular weight is 677 g/mol. The second kappa shape index (κ2) is 9.16. The summed E-state index contributed by atoms with van der Waals surface area (Å²) in [7, 11) is 1.81. The van der Waals surface area contributed by atoms with Crippen molar-refractivity contribution in [3.63, 3.8) is 0 Å². The Morgan fingerprint density at radius 3 is 2.70 bits per heavy atom. The largest absolute Gasteiger partial charge is 0.324 e. The molecule has 0 bridgehead atoms. The van der Waals surface area contributed by atoms with Gasteiger partial charge < -0.3 is 10.2 Å². The zero-order valence-corrected chi connectivity index (χ0v) is 23.0. The van der Waals surface area contributed by atoms with E-state index >= 15 is 0 Å². The Morgan fingerprint density at radius 1 is 1.15 bits per heavy atom. The molecule has 6 rings (SSSR count). The van der Waals surface area contributed by atoms with Gasteiger partial charge in [-0.25, -0.2) is 8.78 Å². The first-order chi connectivity index (χ1) is 15.6. The Hall–Kier alpha value is -1.69. The summed E-state index contributed by atoms with van der Waals surface area (Å²) in [5, 5.41) is 12.8. The molecule has 1 fully saturated rings. The Bertz CT molecular complexity index is 1170. The Kier molecular flexibility index (Phi) is 6.41. The van der Waals surface area contributed by atoms with Crippen molar-refractivity contribution < 1.29 is 39.9 Å². The fourth-order valence-electron chi connectivity index (χ4n) is 5.37. The van der Waals surface area contributed by atoms with Gasteiger partial charge in [-0.3, -0.25) is 9.36 Å². The summed E-state index contributed by atoms with van der Waals surface area (Å²) in [6.45, 7) is 2.56. The summed E-state index contributed by atoms with van der Waals surface area (Å²) in [6, 6.07) is 4.14. The molecule has 172 valence electrons. The molecule has 1 aromatic carbocycles. The first-order valence-electron chi connectivity index (χ1n) is 11.6. The van der Waals surface area contributed by atoms with Gasteiger partial charge in [-0.15, -0.1) is 0 Å². The molecule has 33 heavy (non-hydrogen) atoms. The van der Waals surface area contributed by atoms with E-state index in [1.54, 1.807) is 30.2 Å². The van der Waals surface area contributed by atoms with E-state index in [-0.39, 0.29) is 36.7 Å². The molecule has 3 aliphatic rings. The van der Waals surface area contributed by atoms with E-state index in [0.717, 1.165) is 61.5 Å². The second-order valence-corrected chi connectivity index (χ2v) is 9.23. The van der Waals surface area contributed by atoms with Crippen LogP contribution in [0.2, 0.25) is 0 Å². The number of alkyl halides is 2. The van der Waals surface area contributed by atoms with E-state index in [1.165, 1.54) is 30.5 Å². The van der Waals surface area contributed by atoms with E-state index in [9.17, 15) is 8.78 Å². The van der Waals surface area contributed by atoms with E-state index in [2.05, 4.69) is 20.0 Å². The van der Waals surface area contributed by atoms with Crippen LogP contribution in [0.5, 0.6) is 0 Å². The fraction of sp³-hybridized carbons (Fsp3) is 0.500. The van der Waals surface area contributed by atoms with Gasteiger partial charge in [0, 0.05) is 98.5 Å². The van der Waals surface area contributed by atoms with Gasteiger partial charge in [0.05, 0.1) is 12.2 Å². The van der Waals surface area contributed by atoms with Crippen LogP contribution >= 0.6 is 0 Å². The summed E-state index contributed by atoms with van der Waals surface area (Å²) in [5.74, 6) is 0.953. The molecule has 3 aromatic rings. The van der Waals surface area contributed by atoms with Gasteiger partial charge in [0.15, 0.2) is 5.82 Å². The van der Waals surface area contributed by atoms with Crippen molar-refractivity contribution in [3.05, 3.63) is 46.9 Å². The van der Waals surface area contributed by atoms with Crippen molar-refractivity contribution in [1.82, 2.24) is 24.9 Å². The minimum atomic E-state index is -2.55. The summed E-state index contributed by atoms with van der Waals surface area (Å²) >= 11 is 0. The number of fused-ring (bicyclic) bond motifs is 2. The molecule has 0 amide bonds. The Balaban J connectivity index is 0.00000228. The van der Waals surface area contributed by atoms with E-state index < -0.39 is 6.43 Å². The van der Waals surface area contributed by atoms with Crippen LogP contribution in [-0.2, 0) is 26.4 Å². The first-order valence-corrected chi connectivity index (χ1v) is 11.6. The minimum absolute atomic E-state index is 0. The molecule has 0 atom stereocenters. The molecule has 0 saturated heterocycles. The Morgan fingerprint density at radius 2 is 2.00 bits per heavy atom. The van der Waals surface area contributed by atoms with Gasteiger partial charge in [-0.05, 0) is 55.4 Å². The predicted octanol–water partition coefficient (Wildman–Crippen LogP) is 4.68. The smallest absolute Gasteiger partial charge is 0.264 e. The van der Waals surface area contributed by atoms with Crippen molar-refractivity contribution in [2.24, 2.45) is 7.05 Å². The molecular formula is C24H28F2N6U. The number of aryl methyl sites for hydroxylation is 2. The number of benzene rings is 1. The van der Waals surface area contributed by atoms with Crippen LogP contribution in [0.25, 0.3) is 11.1 Å². The molecule has 2 aliphatic heterocycles. The van der Waals surface area contributed by atoms with Gasteiger partial charge in [-0.2, -0.15) is 10.2 Å². The maximum absolute atomic E-state index is 14.2. The third-order valence-electron chi connectivity index (χ3n) is 7.23.